The van der Waals surface area contributed by atoms with Crippen molar-refractivity contribution in [3.05, 3.63) is 65.7 Å². The molecule has 0 fully saturated rings. The van der Waals surface area contributed by atoms with Crippen LogP contribution in [-0.4, -0.2) is 31.3 Å². The second kappa shape index (κ2) is 8.64. The summed E-state index contributed by atoms with van der Waals surface area (Å²) < 4.78 is 5.52. The second-order valence-corrected chi connectivity index (χ2v) is 6.58. The van der Waals surface area contributed by atoms with Crippen LogP contribution >= 0.6 is 0 Å². The predicted octanol–water partition coefficient (Wildman–Crippen LogP) is 3.45. The topological polar surface area (TPSA) is 76.7 Å². The first-order chi connectivity index (χ1) is 13.1. The number of rotatable bonds is 7. The van der Waals surface area contributed by atoms with Crippen molar-refractivity contribution in [2.24, 2.45) is 10.7 Å². The fraction of sp³-hybridized carbons (Fsp3) is 0.273. The van der Waals surface area contributed by atoms with E-state index >= 15 is 0 Å². The van der Waals surface area contributed by atoms with Crippen LogP contribution in [0.2, 0.25) is 0 Å². The van der Waals surface area contributed by atoms with Crippen molar-refractivity contribution in [2.75, 3.05) is 19.0 Å². The van der Waals surface area contributed by atoms with Gasteiger partial charge in [-0.15, -0.1) is 0 Å². The SMILES string of the molecule is COc1cc(NC(=O)[C@H](N)CCc2ccccc2)ccc1C1=CCN=C1C. The van der Waals surface area contributed by atoms with E-state index in [0.717, 1.165) is 23.3 Å². The highest BCUT2D eigenvalue weighted by Gasteiger charge is 2.17. The molecule has 0 spiro atoms. The van der Waals surface area contributed by atoms with Crippen molar-refractivity contribution < 1.29 is 9.53 Å². The molecule has 0 saturated carbocycles. The molecule has 3 rings (SSSR count). The Bertz CT molecular complexity index is 872. The maximum atomic E-state index is 12.4. The lowest BCUT2D eigenvalue weighted by molar-refractivity contribution is -0.117. The number of allylic oxidation sites excluding steroid dienone is 1. The van der Waals surface area contributed by atoms with Gasteiger partial charge < -0.3 is 15.8 Å². The van der Waals surface area contributed by atoms with E-state index in [4.69, 9.17) is 10.5 Å². The van der Waals surface area contributed by atoms with Gasteiger partial charge in [0.05, 0.1) is 19.7 Å². The Kier molecular flexibility index (Phi) is 6.04. The van der Waals surface area contributed by atoms with Gasteiger partial charge in [-0.2, -0.15) is 0 Å². The molecule has 27 heavy (non-hydrogen) atoms. The van der Waals surface area contributed by atoms with Crippen LogP contribution in [0.1, 0.15) is 24.5 Å². The lowest BCUT2D eigenvalue weighted by Crippen LogP contribution is -2.36. The zero-order valence-electron chi connectivity index (χ0n) is 15.7. The highest BCUT2D eigenvalue weighted by Crippen LogP contribution is 2.31. The zero-order chi connectivity index (χ0) is 19.2. The van der Waals surface area contributed by atoms with Gasteiger partial charge in [-0.25, -0.2) is 0 Å². The summed E-state index contributed by atoms with van der Waals surface area (Å²) in [6.07, 6.45) is 3.43. The van der Waals surface area contributed by atoms with Gasteiger partial charge in [0.25, 0.3) is 0 Å². The number of hydrogen-bond donors (Lipinski definition) is 2. The molecule has 1 amide bonds. The maximum absolute atomic E-state index is 12.4. The second-order valence-electron chi connectivity index (χ2n) is 6.58. The largest absolute Gasteiger partial charge is 0.496 e. The Morgan fingerprint density at radius 1 is 1.26 bits per heavy atom. The molecule has 1 atom stereocenters. The number of hydrogen-bond acceptors (Lipinski definition) is 4. The first kappa shape index (κ1) is 18.9. The number of aryl methyl sites for hydroxylation is 1. The van der Waals surface area contributed by atoms with E-state index in [1.165, 1.54) is 5.56 Å². The van der Waals surface area contributed by atoms with Crippen molar-refractivity contribution in [2.45, 2.75) is 25.8 Å². The van der Waals surface area contributed by atoms with Crippen LogP contribution in [0.5, 0.6) is 5.75 Å². The first-order valence-electron chi connectivity index (χ1n) is 9.09. The molecular weight excluding hydrogens is 338 g/mol. The number of anilines is 1. The number of carbonyl (C=O) groups is 1. The van der Waals surface area contributed by atoms with Gasteiger partial charge in [0.2, 0.25) is 5.91 Å². The summed E-state index contributed by atoms with van der Waals surface area (Å²) in [6.45, 7) is 2.68. The molecule has 0 radical (unpaired) electrons. The highest BCUT2D eigenvalue weighted by atomic mass is 16.5. The highest BCUT2D eigenvalue weighted by molar-refractivity contribution is 6.24. The van der Waals surface area contributed by atoms with Crippen molar-refractivity contribution >= 4 is 22.9 Å². The standard InChI is InChI=1S/C22H25N3O2/c1-15-18(12-13-24-15)19-10-9-17(14-21(19)27-2)25-22(26)20(23)11-8-16-6-4-3-5-7-16/h3-7,9-10,12,14,20H,8,11,13,23H2,1-2H3,(H,25,26)/t20-/m1/s1. The molecule has 1 heterocycles. The van der Waals surface area contributed by atoms with Crippen LogP contribution in [0.4, 0.5) is 5.69 Å². The fourth-order valence-corrected chi connectivity index (χ4v) is 3.14. The van der Waals surface area contributed by atoms with Crippen LogP contribution in [0.25, 0.3) is 5.57 Å². The first-order valence-corrected chi connectivity index (χ1v) is 9.09. The van der Waals surface area contributed by atoms with Gasteiger partial charge >= 0.3 is 0 Å². The number of benzene rings is 2. The molecule has 0 saturated heterocycles. The maximum Gasteiger partial charge on any atom is 0.241 e. The van der Waals surface area contributed by atoms with Crippen molar-refractivity contribution in [3.8, 4) is 5.75 Å². The summed E-state index contributed by atoms with van der Waals surface area (Å²) in [5.74, 6) is 0.506. The number of carbonyl (C=O) groups excluding carboxylic acids is 1. The molecule has 0 aromatic heterocycles. The molecule has 5 heteroatoms. The Labute approximate surface area is 160 Å². The van der Waals surface area contributed by atoms with E-state index in [2.05, 4.69) is 16.4 Å². The smallest absolute Gasteiger partial charge is 0.241 e. The monoisotopic (exact) mass is 363 g/mol. The van der Waals surface area contributed by atoms with E-state index < -0.39 is 6.04 Å². The minimum Gasteiger partial charge on any atom is -0.496 e. The van der Waals surface area contributed by atoms with Crippen molar-refractivity contribution in [3.63, 3.8) is 0 Å². The number of nitrogens with zero attached hydrogens (tertiary/aromatic N) is 1. The summed E-state index contributed by atoms with van der Waals surface area (Å²) in [6, 6.07) is 15.1. The van der Waals surface area contributed by atoms with Gasteiger partial charge in [0.1, 0.15) is 5.75 Å². The van der Waals surface area contributed by atoms with E-state index in [1.807, 2.05) is 55.5 Å². The lowest BCUT2D eigenvalue weighted by atomic mass is 10.0. The zero-order valence-corrected chi connectivity index (χ0v) is 15.7. The van der Waals surface area contributed by atoms with Gasteiger partial charge in [-0.3, -0.25) is 9.79 Å². The summed E-state index contributed by atoms with van der Waals surface area (Å²) in [5.41, 5.74) is 10.9. The summed E-state index contributed by atoms with van der Waals surface area (Å²) >= 11 is 0. The average molecular weight is 363 g/mol. The van der Waals surface area contributed by atoms with Crippen LogP contribution < -0.4 is 15.8 Å². The molecule has 5 nitrogen and oxygen atoms in total. The lowest BCUT2D eigenvalue weighted by Gasteiger charge is -2.15. The Morgan fingerprint density at radius 2 is 2.04 bits per heavy atom. The van der Waals surface area contributed by atoms with E-state index in [-0.39, 0.29) is 5.91 Å². The van der Waals surface area contributed by atoms with Crippen LogP contribution in [-0.2, 0) is 11.2 Å². The third kappa shape index (κ3) is 4.63. The molecular formula is C22H25N3O2. The number of amides is 1. The quantitative estimate of drug-likeness (QED) is 0.791. The summed E-state index contributed by atoms with van der Waals surface area (Å²) in [5, 5.41) is 2.89. The van der Waals surface area contributed by atoms with Gasteiger partial charge in [-0.1, -0.05) is 36.4 Å². The number of aliphatic imine (C=N–C) groups is 1. The summed E-state index contributed by atoms with van der Waals surface area (Å²) in [7, 11) is 1.62. The Morgan fingerprint density at radius 3 is 2.70 bits per heavy atom. The van der Waals surface area contributed by atoms with E-state index in [9.17, 15) is 4.79 Å². The Hall–Kier alpha value is -2.92. The number of methoxy groups -OCH3 is 1. The third-order valence-corrected chi connectivity index (χ3v) is 4.70. The molecule has 2 aromatic carbocycles. The van der Waals surface area contributed by atoms with Crippen LogP contribution in [0, 0.1) is 0 Å². The van der Waals surface area contributed by atoms with Gasteiger partial charge in [0.15, 0.2) is 0 Å². The molecule has 140 valence electrons. The Balaban J connectivity index is 1.64. The van der Waals surface area contributed by atoms with Crippen molar-refractivity contribution in [1.82, 2.24) is 0 Å². The van der Waals surface area contributed by atoms with Crippen LogP contribution in [0.3, 0.4) is 0 Å². The average Bonchev–Trinajstić information content (AvgIpc) is 3.12. The van der Waals surface area contributed by atoms with Gasteiger partial charge in [-0.05, 0) is 37.5 Å². The molecule has 3 N–H and O–H groups in total. The molecule has 0 bridgehead atoms. The summed E-state index contributed by atoms with van der Waals surface area (Å²) in [4.78, 5) is 16.8. The van der Waals surface area contributed by atoms with Crippen LogP contribution in [0.15, 0.2) is 59.6 Å². The van der Waals surface area contributed by atoms with E-state index in [0.29, 0.717) is 24.4 Å². The number of nitrogens with one attached hydrogen (secondary N) is 1. The molecule has 0 unspecified atom stereocenters. The van der Waals surface area contributed by atoms with Gasteiger partial charge in [0, 0.05) is 28.6 Å². The fourth-order valence-electron chi connectivity index (χ4n) is 3.14. The molecule has 0 aliphatic carbocycles. The molecule has 1 aliphatic heterocycles. The van der Waals surface area contributed by atoms with Crippen molar-refractivity contribution in [1.29, 1.82) is 0 Å². The number of ether oxygens (including phenoxy) is 1. The van der Waals surface area contributed by atoms with E-state index in [1.54, 1.807) is 7.11 Å². The normalized spacial score (nSPS) is 14.3. The third-order valence-electron chi connectivity index (χ3n) is 4.70. The minimum atomic E-state index is -0.567. The number of nitrogens with two attached hydrogens (primary N) is 1. The molecule has 2 aromatic rings. The molecule has 1 aliphatic rings. The predicted molar refractivity (Wildman–Crippen MR) is 110 cm³/mol. The minimum absolute atomic E-state index is 0.196.